The van der Waals surface area contributed by atoms with Gasteiger partial charge >= 0.3 is 0 Å². The van der Waals surface area contributed by atoms with Gasteiger partial charge in [0.05, 0.1) is 9.13 Å². The zero-order chi connectivity index (χ0) is 10.1. The van der Waals surface area contributed by atoms with E-state index in [-0.39, 0.29) is 14.9 Å². The van der Waals surface area contributed by atoms with Crippen LogP contribution in [0, 0.1) is 20.7 Å². The molecule has 0 bridgehead atoms. The normalized spacial score (nSPS) is 13.5. The predicted octanol–water partition coefficient (Wildman–Crippen LogP) is 2.07. The molecule has 1 aliphatic rings. The van der Waals surface area contributed by atoms with Gasteiger partial charge < -0.3 is 9.47 Å². The molecule has 0 saturated carbocycles. The molecule has 2 rings (SSSR count). The zero-order valence-electron chi connectivity index (χ0n) is 7.01. The van der Waals surface area contributed by atoms with Crippen molar-refractivity contribution in [3.05, 3.63) is 21.0 Å². The van der Waals surface area contributed by atoms with Crippen LogP contribution in [0.4, 0.5) is 4.39 Å². The van der Waals surface area contributed by atoms with E-state index in [1.807, 2.05) is 6.07 Å². The summed E-state index contributed by atoms with van der Waals surface area (Å²) in [5, 5.41) is 8.73. The second-order valence-corrected chi connectivity index (χ2v) is 3.77. The van der Waals surface area contributed by atoms with E-state index in [1.54, 1.807) is 22.6 Å². The second kappa shape index (κ2) is 3.61. The summed E-state index contributed by atoms with van der Waals surface area (Å²) in [7, 11) is 0. The molecule has 0 aliphatic carbocycles. The van der Waals surface area contributed by atoms with Gasteiger partial charge in [-0.25, -0.2) is 4.39 Å². The first-order valence-electron chi connectivity index (χ1n) is 3.91. The summed E-state index contributed by atoms with van der Waals surface area (Å²) in [5.41, 5.74) is 0.271. The topological polar surface area (TPSA) is 42.2 Å². The quantitative estimate of drug-likeness (QED) is 0.689. The van der Waals surface area contributed by atoms with Gasteiger partial charge in [0, 0.05) is 6.07 Å². The average molecular weight is 305 g/mol. The van der Waals surface area contributed by atoms with Crippen LogP contribution in [-0.4, -0.2) is 13.2 Å². The van der Waals surface area contributed by atoms with Crippen LogP contribution in [0.15, 0.2) is 6.07 Å². The lowest BCUT2D eigenvalue weighted by atomic mass is 10.2. The van der Waals surface area contributed by atoms with Crippen molar-refractivity contribution in [3.63, 3.8) is 0 Å². The van der Waals surface area contributed by atoms with Crippen LogP contribution in [0.1, 0.15) is 5.56 Å². The third kappa shape index (κ3) is 1.39. The molecule has 0 saturated heterocycles. The summed E-state index contributed by atoms with van der Waals surface area (Å²) in [6, 6.07) is 3.40. The maximum atomic E-state index is 13.6. The Morgan fingerprint density at radius 2 is 2.14 bits per heavy atom. The van der Waals surface area contributed by atoms with Gasteiger partial charge in [0.1, 0.15) is 19.3 Å². The van der Waals surface area contributed by atoms with Gasteiger partial charge in [-0.15, -0.1) is 0 Å². The summed E-state index contributed by atoms with van der Waals surface area (Å²) in [5.74, 6) is -0.0929. The lowest BCUT2D eigenvalue weighted by Gasteiger charge is -2.19. The highest BCUT2D eigenvalue weighted by Gasteiger charge is 2.21. The summed E-state index contributed by atoms with van der Waals surface area (Å²) in [6.45, 7) is 0.726. The summed E-state index contributed by atoms with van der Waals surface area (Å²) >= 11 is 1.78. The number of benzene rings is 1. The Kier molecular flexibility index (Phi) is 2.46. The van der Waals surface area contributed by atoms with Crippen LogP contribution < -0.4 is 9.47 Å². The number of hydrogen-bond acceptors (Lipinski definition) is 3. The maximum Gasteiger partial charge on any atom is 0.198 e. The second-order valence-electron chi connectivity index (χ2n) is 2.69. The minimum atomic E-state index is -0.514. The van der Waals surface area contributed by atoms with Crippen molar-refractivity contribution in [2.75, 3.05) is 13.2 Å². The molecule has 1 aromatic rings. The molecule has 72 valence electrons. The van der Waals surface area contributed by atoms with Crippen molar-refractivity contribution >= 4 is 22.6 Å². The minimum absolute atomic E-state index is 0.111. The maximum absolute atomic E-state index is 13.6. The van der Waals surface area contributed by atoms with E-state index in [0.717, 1.165) is 0 Å². The Hall–Kier alpha value is -1.03. The molecular formula is C9H5FINO2. The molecule has 0 aromatic heterocycles. The highest BCUT2D eigenvalue weighted by molar-refractivity contribution is 14.1. The number of nitriles is 1. The first kappa shape index (κ1) is 9.52. The van der Waals surface area contributed by atoms with Gasteiger partial charge in [0.2, 0.25) is 0 Å². The molecule has 0 atom stereocenters. The number of ether oxygens (including phenoxy) is 2. The van der Waals surface area contributed by atoms with Crippen LogP contribution in [0.2, 0.25) is 0 Å². The molecule has 5 heteroatoms. The minimum Gasteiger partial charge on any atom is -0.486 e. The molecule has 0 unspecified atom stereocenters. The van der Waals surface area contributed by atoms with Gasteiger partial charge in [-0.2, -0.15) is 5.26 Å². The molecule has 0 N–H and O–H groups in total. The third-order valence-corrected chi connectivity index (χ3v) is 2.89. The van der Waals surface area contributed by atoms with E-state index in [1.165, 1.54) is 6.07 Å². The average Bonchev–Trinajstić information content (AvgIpc) is 2.23. The Morgan fingerprint density at radius 3 is 2.86 bits per heavy atom. The van der Waals surface area contributed by atoms with Crippen molar-refractivity contribution in [1.82, 2.24) is 0 Å². The van der Waals surface area contributed by atoms with E-state index in [4.69, 9.17) is 14.7 Å². The Morgan fingerprint density at radius 1 is 1.43 bits per heavy atom. The monoisotopic (exact) mass is 305 g/mol. The van der Waals surface area contributed by atoms with Crippen molar-refractivity contribution in [1.29, 1.82) is 5.26 Å². The fraction of sp³-hybridized carbons (Fsp3) is 0.222. The molecule has 14 heavy (non-hydrogen) atoms. The molecule has 0 radical (unpaired) electrons. The van der Waals surface area contributed by atoms with Gasteiger partial charge in [-0.1, -0.05) is 0 Å². The molecule has 1 aliphatic heterocycles. The third-order valence-electron chi connectivity index (χ3n) is 1.84. The standard InChI is InChI=1S/C9H5FINO2/c10-7-8(11)5(4-12)3-6-9(7)14-2-1-13-6/h3H,1-2H2. The molecule has 0 amide bonds. The van der Waals surface area contributed by atoms with Gasteiger partial charge in [-0.05, 0) is 22.6 Å². The van der Waals surface area contributed by atoms with E-state index in [9.17, 15) is 4.39 Å². The van der Waals surface area contributed by atoms with Crippen molar-refractivity contribution < 1.29 is 13.9 Å². The van der Waals surface area contributed by atoms with Crippen LogP contribution in [-0.2, 0) is 0 Å². The van der Waals surface area contributed by atoms with Crippen molar-refractivity contribution in [2.45, 2.75) is 0 Å². The smallest absolute Gasteiger partial charge is 0.198 e. The number of halogens is 2. The van der Waals surface area contributed by atoms with Crippen LogP contribution in [0.5, 0.6) is 11.5 Å². The van der Waals surface area contributed by atoms with Crippen LogP contribution >= 0.6 is 22.6 Å². The van der Waals surface area contributed by atoms with Gasteiger partial charge in [0.25, 0.3) is 0 Å². The van der Waals surface area contributed by atoms with Gasteiger partial charge in [0.15, 0.2) is 17.3 Å². The summed E-state index contributed by atoms with van der Waals surface area (Å²) < 4.78 is 24.1. The van der Waals surface area contributed by atoms with Crippen LogP contribution in [0.25, 0.3) is 0 Å². The van der Waals surface area contributed by atoms with E-state index < -0.39 is 5.82 Å². The number of hydrogen-bond donors (Lipinski definition) is 0. The molecule has 0 fully saturated rings. The lowest BCUT2D eigenvalue weighted by Crippen LogP contribution is -2.17. The predicted molar refractivity (Wildman–Crippen MR) is 54.8 cm³/mol. The molecule has 0 spiro atoms. The summed E-state index contributed by atoms with van der Waals surface area (Å²) in [4.78, 5) is 0. The largest absolute Gasteiger partial charge is 0.486 e. The Bertz CT molecular complexity index is 428. The van der Waals surface area contributed by atoms with E-state index in [2.05, 4.69) is 0 Å². The Labute approximate surface area is 93.6 Å². The number of rotatable bonds is 0. The fourth-order valence-corrected chi connectivity index (χ4v) is 1.73. The highest BCUT2D eigenvalue weighted by atomic mass is 127. The molecule has 3 nitrogen and oxygen atoms in total. The first-order chi connectivity index (χ1) is 6.74. The lowest BCUT2D eigenvalue weighted by molar-refractivity contribution is 0.164. The van der Waals surface area contributed by atoms with E-state index in [0.29, 0.717) is 19.0 Å². The number of nitrogens with zero attached hydrogens (tertiary/aromatic N) is 1. The molecule has 1 aromatic carbocycles. The SMILES string of the molecule is N#Cc1cc2c(c(F)c1I)OCCO2. The van der Waals surface area contributed by atoms with Gasteiger partial charge in [-0.3, -0.25) is 0 Å². The Balaban J connectivity index is 2.64. The zero-order valence-corrected chi connectivity index (χ0v) is 9.17. The highest BCUT2D eigenvalue weighted by Crippen LogP contribution is 2.37. The van der Waals surface area contributed by atoms with Crippen LogP contribution in [0.3, 0.4) is 0 Å². The van der Waals surface area contributed by atoms with Crippen molar-refractivity contribution in [3.8, 4) is 17.6 Å². The first-order valence-corrected chi connectivity index (χ1v) is 4.99. The fourth-order valence-electron chi connectivity index (χ4n) is 1.20. The number of fused-ring (bicyclic) bond motifs is 1. The molecular weight excluding hydrogens is 300 g/mol. The summed E-state index contributed by atoms with van der Waals surface area (Å²) in [6.07, 6.45) is 0. The van der Waals surface area contributed by atoms with Crippen molar-refractivity contribution in [2.24, 2.45) is 0 Å². The van der Waals surface area contributed by atoms with E-state index >= 15 is 0 Å². The molecule has 1 heterocycles.